The molecule has 1 heteroatoms. The summed E-state index contributed by atoms with van der Waals surface area (Å²) in [6.45, 7) is 4.70. The van der Waals surface area contributed by atoms with Crippen LogP contribution < -0.4 is 5.32 Å². The molecule has 0 atom stereocenters. The van der Waals surface area contributed by atoms with Gasteiger partial charge in [-0.25, -0.2) is 0 Å². The molecule has 81 valence electrons. The maximum atomic E-state index is 3.42. The second-order valence-electron chi connectivity index (χ2n) is 4.53. The minimum atomic E-state index is 0.839. The van der Waals surface area contributed by atoms with Crippen molar-refractivity contribution in [1.82, 2.24) is 5.32 Å². The molecule has 1 aliphatic rings. The van der Waals surface area contributed by atoms with Gasteiger partial charge in [0, 0.05) is 0 Å². The average molecular weight is 202 g/mol. The summed E-state index contributed by atoms with van der Waals surface area (Å²) in [6.07, 6.45) is 3.79. The molecule has 2 rings (SSSR count). The number of benzene rings is 1. The molecule has 1 aliphatic heterocycles. The third kappa shape index (κ3) is 3.07. The molecule has 1 aromatic rings. The number of nitrogens with one attached hydrogen (secondary N) is 1. The van der Waals surface area contributed by atoms with E-state index < -0.39 is 0 Å². The third-order valence-electron chi connectivity index (χ3n) is 3.36. The Hall–Kier alpha value is -0.820. The van der Waals surface area contributed by atoms with Gasteiger partial charge in [0.15, 0.2) is 0 Å². The van der Waals surface area contributed by atoms with Gasteiger partial charge in [-0.3, -0.25) is 0 Å². The van der Waals surface area contributed by atoms with Crippen LogP contribution in [0.1, 0.15) is 25.3 Å². The standard InChI is InChI=1S/C14H20N/c1-12(14-7-9-15-10-8-14)11-13-5-3-2-4-6-13/h2-6,14-15H,7-11H2,1H3. The summed E-state index contributed by atoms with van der Waals surface area (Å²) in [5, 5.41) is 3.42. The fourth-order valence-corrected chi connectivity index (χ4v) is 2.38. The molecule has 15 heavy (non-hydrogen) atoms. The topological polar surface area (TPSA) is 12.0 Å². The second-order valence-corrected chi connectivity index (χ2v) is 4.53. The zero-order valence-electron chi connectivity index (χ0n) is 9.50. The smallest absolute Gasteiger partial charge is 0.00461 e. The first-order valence-corrected chi connectivity index (χ1v) is 5.93. The van der Waals surface area contributed by atoms with Gasteiger partial charge in [0.05, 0.1) is 0 Å². The van der Waals surface area contributed by atoms with Crippen molar-refractivity contribution < 1.29 is 0 Å². The van der Waals surface area contributed by atoms with Gasteiger partial charge in [-0.05, 0) is 49.8 Å². The number of rotatable bonds is 3. The van der Waals surface area contributed by atoms with Crippen molar-refractivity contribution in [1.29, 1.82) is 0 Å². The second kappa shape index (κ2) is 5.32. The quantitative estimate of drug-likeness (QED) is 0.794. The summed E-state index contributed by atoms with van der Waals surface area (Å²) in [4.78, 5) is 0. The SMILES string of the molecule is C[C](Cc1ccccc1)C1CCNCC1. The molecule has 0 spiro atoms. The molecule has 1 N–H and O–H groups in total. The Morgan fingerprint density at radius 1 is 1.20 bits per heavy atom. The summed E-state index contributed by atoms with van der Waals surface area (Å²) < 4.78 is 0. The number of hydrogen-bond acceptors (Lipinski definition) is 1. The Kier molecular flexibility index (Phi) is 3.79. The van der Waals surface area contributed by atoms with E-state index in [2.05, 4.69) is 42.6 Å². The van der Waals surface area contributed by atoms with Crippen molar-refractivity contribution in [2.24, 2.45) is 5.92 Å². The molecule has 1 saturated heterocycles. The van der Waals surface area contributed by atoms with Crippen molar-refractivity contribution >= 4 is 0 Å². The van der Waals surface area contributed by atoms with Gasteiger partial charge in [-0.1, -0.05) is 37.3 Å². The largest absolute Gasteiger partial charge is 0.317 e. The average Bonchev–Trinajstić information content (AvgIpc) is 2.31. The molecule has 1 nitrogen and oxygen atoms in total. The van der Waals surface area contributed by atoms with Crippen LogP contribution in [0, 0.1) is 11.8 Å². The fraction of sp³-hybridized carbons (Fsp3) is 0.500. The molecule has 1 aromatic carbocycles. The maximum absolute atomic E-state index is 3.42. The molecule has 1 fully saturated rings. The molecule has 1 heterocycles. The maximum Gasteiger partial charge on any atom is -0.00461 e. The van der Waals surface area contributed by atoms with E-state index in [1.54, 1.807) is 5.92 Å². The lowest BCUT2D eigenvalue weighted by molar-refractivity contribution is 0.380. The Labute approximate surface area is 92.9 Å². The summed E-state index contributed by atoms with van der Waals surface area (Å²) in [6, 6.07) is 10.8. The van der Waals surface area contributed by atoms with E-state index in [1.165, 1.54) is 31.5 Å². The van der Waals surface area contributed by atoms with Crippen molar-refractivity contribution in [2.75, 3.05) is 13.1 Å². The van der Waals surface area contributed by atoms with Crippen molar-refractivity contribution in [3.63, 3.8) is 0 Å². The summed E-state index contributed by atoms with van der Waals surface area (Å²) in [7, 11) is 0. The van der Waals surface area contributed by atoms with Gasteiger partial charge in [-0.15, -0.1) is 0 Å². The Morgan fingerprint density at radius 2 is 1.87 bits per heavy atom. The molecule has 0 unspecified atom stereocenters. The van der Waals surface area contributed by atoms with E-state index in [1.807, 2.05) is 0 Å². The molecular weight excluding hydrogens is 182 g/mol. The van der Waals surface area contributed by atoms with Crippen molar-refractivity contribution in [3.8, 4) is 0 Å². The highest BCUT2D eigenvalue weighted by molar-refractivity contribution is 5.19. The van der Waals surface area contributed by atoms with E-state index in [9.17, 15) is 0 Å². The first-order valence-electron chi connectivity index (χ1n) is 5.93. The zero-order valence-corrected chi connectivity index (χ0v) is 9.50. The van der Waals surface area contributed by atoms with Gasteiger partial charge in [0.25, 0.3) is 0 Å². The van der Waals surface area contributed by atoms with E-state index in [0.29, 0.717) is 0 Å². The molecule has 0 aliphatic carbocycles. The lowest BCUT2D eigenvalue weighted by atomic mass is 9.82. The molecule has 0 amide bonds. The van der Waals surface area contributed by atoms with Crippen LogP contribution in [0.3, 0.4) is 0 Å². The first kappa shape index (κ1) is 10.7. The Morgan fingerprint density at radius 3 is 2.53 bits per heavy atom. The van der Waals surface area contributed by atoms with E-state index in [-0.39, 0.29) is 0 Å². The van der Waals surface area contributed by atoms with E-state index >= 15 is 0 Å². The predicted octanol–water partition coefficient (Wildman–Crippen LogP) is 2.82. The monoisotopic (exact) mass is 202 g/mol. The molecular formula is C14H20N. The number of piperidine rings is 1. The highest BCUT2D eigenvalue weighted by Crippen LogP contribution is 2.26. The van der Waals surface area contributed by atoms with Gasteiger partial charge in [-0.2, -0.15) is 0 Å². The number of hydrogen-bond donors (Lipinski definition) is 1. The van der Waals surface area contributed by atoms with Crippen molar-refractivity contribution in [3.05, 3.63) is 41.8 Å². The lowest BCUT2D eigenvalue weighted by Gasteiger charge is -2.27. The summed E-state index contributed by atoms with van der Waals surface area (Å²) >= 11 is 0. The fourth-order valence-electron chi connectivity index (χ4n) is 2.38. The van der Waals surface area contributed by atoms with Crippen LogP contribution in [0.2, 0.25) is 0 Å². The van der Waals surface area contributed by atoms with E-state index in [4.69, 9.17) is 0 Å². The van der Waals surface area contributed by atoms with Crippen LogP contribution in [-0.4, -0.2) is 13.1 Å². The minimum Gasteiger partial charge on any atom is -0.317 e. The zero-order chi connectivity index (χ0) is 10.5. The van der Waals surface area contributed by atoms with Crippen LogP contribution in [0.25, 0.3) is 0 Å². The molecule has 0 bridgehead atoms. The van der Waals surface area contributed by atoms with Crippen LogP contribution in [-0.2, 0) is 6.42 Å². The van der Waals surface area contributed by atoms with Gasteiger partial charge >= 0.3 is 0 Å². The Bertz CT molecular complexity index is 275. The highest BCUT2D eigenvalue weighted by atomic mass is 14.9. The predicted molar refractivity (Wildman–Crippen MR) is 64.7 cm³/mol. The molecule has 0 aromatic heterocycles. The van der Waals surface area contributed by atoms with Crippen LogP contribution in [0.15, 0.2) is 30.3 Å². The normalized spacial score (nSPS) is 18.3. The van der Waals surface area contributed by atoms with E-state index in [0.717, 1.165) is 12.3 Å². The third-order valence-corrected chi connectivity index (χ3v) is 3.36. The summed E-state index contributed by atoms with van der Waals surface area (Å²) in [5.74, 6) is 2.49. The highest BCUT2D eigenvalue weighted by Gasteiger charge is 2.20. The van der Waals surface area contributed by atoms with Gasteiger partial charge in [0.2, 0.25) is 0 Å². The van der Waals surface area contributed by atoms with Gasteiger partial charge < -0.3 is 5.32 Å². The molecule has 1 radical (unpaired) electrons. The van der Waals surface area contributed by atoms with Crippen LogP contribution in [0.4, 0.5) is 0 Å². The van der Waals surface area contributed by atoms with Crippen LogP contribution in [0.5, 0.6) is 0 Å². The van der Waals surface area contributed by atoms with Gasteiger partial charge in [0.1, 0.15) is 0 Å². The lowest BCUT2D eigenvalue weighted by Crippen LogP contribution is -2.30. The first-order chi connectivity index (χ1) is 7.36. The molecule has 0 saturated carbocycles. The van der Waals surface area contributed by atoms with Crippen molar-refractivity contribution in [2.45, 2.75) is 26.2 Å². The summed E-state index contributed by atoms with van der Waals surface area (Å²) in [5.41, 5.74) is 1.45. The minimum absolute atomic E-state index is 0.839. The van der Waals surface area contributed by atoms with Crippen LogP contribution >= 0.6 is 0 Å². The Balaban J connectivity index is 1.88.